The summed E-state index contributed by atoms with van der Waals surface area (Å²) in [5.41, 5.74) is 22.2. The van der Waals surface area contributed by atoms with Crippen LogP contribution in [0.5, 0.6) is 0 Å². The standard InChI is InChI=1S/C61H39NO/c1-2-14-40(15-3-1)41-28-32-45(33-29-41)62(46-34-30-42(31-35-46)43-16-12-17-44(38-43)48-22-13-23-54-53-21-7-11-27-59(53)63-60(48)54)47-36-37-52-51-20-6-10-26-57(51)61(58(52)39-47)55-24-8-4-18-49(55)50-19-5-9-25-56(50)61/h1-39H. The first kappa shape index (κ1) is 35.5. The molecule has 11 aromatic rings. The largest absolute Gasteiger partial charge is 0.455 e. The van der Waals surface area contributed by atoms with E-state index in [0.717, 1.165) is 61.3 Å². The second-order valence-electron chi connectivity index (χ2n) is 16.8. The Labute approximate surface area is 366 Å². The summed E-state index contributed by atoms with van der Waals surface area (Å²) in [6.45, 7) is 0. The topological polar surface area (TPSA) is 16.4 Å². The lowest BCUT2D eigenvalue weighted by Crippen LogP contribution is -2.26. The Morgan fingerprint density at radius 2 is 0.746 bits per heavy atom. The summed E-state index contributed by atoms with van der Waals surface area (Å²) in [7, 11) is 0. The van der Waals surface area contributed by atoms with Crippen LogP contribution in [0, 0.1) is 0 Å². The zero-order chi connectivity index (χ0) is 41.5. The summed E-state index contributed by atoms with van der Waals surface area (Å²) in [4.78, 5) is 2.42. The molecule has 63 heavy (non-hydrogen) atoms. The molecule has 2 aliphatic carbocycles. The van der Waals surface area contributed by atoms with Gasteiger partial charge in [0.05, 0.1) is 5.41 Å². The molecular weight excluding hydrogens is 763 g/mol. The van der Waals surface area contributed by atoms with Gasteiger partial charge in [0, 0.05) is 33.4 Å². The molecule has 2 aliphatic rings. The minimum atomic E-state index is -0.431. The molecule has 0 aliphatic heterocycles. The van der Waals surface area contributed by atoms with Crippen molar-refractivity contribution in [1.82, 2.24) is 0 Å². The van der Waals surface area contributed by atoms with E-state index in [9.17, 15) is 0 Å². The molecule has 0 amide bonds. The fourth-order valence-corrected chi connectivity index (χ4v) is 10.7. The van der Waals surface area contributed by atoms with Crippen molar-refractivity contribution in [2.45, 2.75) is 5.41 Å². The highest BCUT2D eigenvalue weighted by Gasteiger charge is 2.51. The lowest BCUT2D eigenvalue weighted by atomic mass is 9.70. The van der Waals surface area contributed by atoms with E-state index in [1.54, 1.807) is 0 Å². The molecule has 0 bridgehead atoms. The summed E-state index contributed by atoms with van der Waals surface area (Å²) < 4.78 is 6.45. The van der Waals surface area contributed by atoms with Crippen LogP contribution in [0.4, 0.5) is 17.1 Å². The van der Waals surface area contributed by atoms with Gasteiger partial charge in [-0.05, 0) is 121 Å². The SMILES string of the molecule is c1ccc(-c2ccc(N(c3ccc(-c4cccc(-c5cccc6c5oc5ccccc56)c4)cc3)c3ccc4c(c3)C3(c5ccccc5-c5ccccc53)c3ccccc3-4)cc2)cc1. The van der Waals surface area contributed by atoms with Crippen LogP contribution >= 0.6 is 0 Å². The average molecular weight is 802 g/mol. The predicted molar refractivity (Wildman–Crippen MR) is 261 cm³/mol. The fraction of sp³-hybridized carbons (Fsp3) is 0.0164. The number of hydrogen-bond donors (Lipinski definition) is 0. The van der Waals surface area contributed by atoms with Crippen LogP contribution in [0.25, 0.3) is 77.6 Å². The van der Waals surface area contributed by atoms with E-state index >= 15 is 0 Å². The Balaban J connectivity index is 0.950. The van der Waals surface area contributed by atoms with Crippen LogP contribution in [0.3, 0.4) is 0 Å². The van der Waals surface area contributed by atoms with Crippen molar-refractivity contribution in [1.29, 1.82) is 0 Å². The normalized spacial score (nSPS) is 12.9. The lowest BCUT2D eigenvalue weighted by Gasteiger charge is -2.32. The second-order valence-corrected chi connectivity index (χ2v) is 16.8. The van der Waals surface area contributed by atoms with Crippen LogP contribution < -0.4 is 4.90 Å². The summed E-state index contributed by atoms with van der Waals surface area (Å²) in [6.07, 6.45) is 0. The van der Waals surface area contributed by atoms with Gasteiger partial charge in [0.2, 0.25) is 0 Å². The first-order chi connectivity index (χ1) is 31.2. The molecule has 0 saturated carbocycles. The van der Waals surface area contributed by atoms with E-state index in [4.69, 9.17) is 4.42 Å². The Kier molecular flexibility index (Phi) is 7.85. The van der Waals surface area contributed by atoms with E-state index in [2.05, 4.69) is 229 Å². The predicted octanol–water partition coefficient (Wildman–Crippen LogP) is 16.4. The molecule has 2 nitrogen and oxygen atoms in total. The molecule has 0 saturated heterocycles. The summed E-state index contributed by atoms with van der Waals surface area (Å²) >= 11 is 0. The molecule has 1 spiro atoms. The highest BCUT2D eigenvalue weighted by Crippen LogP contribution is 2.63. The van der Waals surface area contributed by atoms with Gasteiger partial charge in [0.1, 0.15) is 11.2 Å². The molecule has 1 aromatic heterocycles. The van der Waals surface area contributed by atoms with Crippen molar-refractivity contribution >= 4 is 39.0 Å². The zero-order valence-corrected chi connectivity index (χ0v) is 34.4. The van der Waals surface area contributed by atoms with Gasteiger partial charge in [-0.25, -0.2) is 0 Å². The maximum absolute atomic E-state index is 6.45. The van der Waals surface area contributed by atoms with Crippen molar-refractivity contribution in [3.8, 4) is 55.6 Å². The molecule has 0 radical (unpaired) electrons. The van der Waals surface area contributed by atoms with Crippen LogP contribution in [-0.4, -0.2) is 0 Å². The number of benzene rings is 10. The van der Waals surface area contributed by atoms with E-state index in [-0.39, 0.29) is 0 Å². The summed E-state index contributed by atoms with van der Waals surface area (Å²) in [5, 5.41) is 2.28. The van der Waals surface area contributed by atoms with Crippen molar-refractivity contribution in [2.24, 2.45) is 0 Å². The number of nitrogens with zero attached hydrogens (tertiary/aromatic N) is 1. The maximum atomic E-state index is 6.45. The molecule has 13 rings (SSSR count). The third-order valence-corrected chi connectivity index (χ3v) is 13.5. The van der Waals surface area contributed by atoms with Crippen LogP contribution in [0.15, 0.2) is 241 Å². The third-order valence-electron chi connectivity index (χ3n) is 13.5. The van der Waals surface area contributed by atoms with Gasteiger partial charge in [0.15, 0.2) is 0 Å². The van der Waals surface area contributed by atoms with Gasteiger partial charge < -0.3 is 9.32 Å². The van der Waals surface area contributed by atoms with Crippen LogP contribution in [0.1, 0.15) is 22.3 Å². The molecule has 294 valence electrons. The molecule has 10 aromatic carbocycles. The minimum absolute atomic E-state index is 0.431. The van der Waals surface area contributed by atoms with Gasteiger partial charge in [-0.3, -0.25) is 0 Å². The third kappa shape index (κ3) is 5.32. The minimum Gasteiger partial charge on any atom is -0.455 e. The lowest BCUT2D eigenvalue weighted by molar-refractivity contribution is 0.670. The van der Waals surface area contributed by atoms with E-state index < -0.39 is 5.41 Å². The summed E-state index contributed by atoms with van der Waals surface area (Å²) in [5.74, 6) is 0. The molecule has 0 atom stereocenters. The Morgan fingerprint density at radius 1 is 0.286 bits per heavy atom. The van der Waals surface area contributed by atoms with Crippen LogP contribution in [-0.2, 0) is 5.41 Å². The Hall–Kier alpha value is -8.20. The molecule has 1 heterocycles. The van der Waals surface area contributed by atoms with Crippen molar-refractivity contribution in [2.75, 3.05) is 4.90 Å². The first-order valence-electron chi connectivity index (χ1n) is 21.7. The van der Waals surface area contributed by atoms with E-state index in [1.165, 1.54) is 55.6 Å². The highest BCUT2D eigenvalue weighted by molar-refractivity contribution is 6.09. The molecule has 0 fully saturated rings. The van der Waals surface area contributed by atoms with Gasteiger partial charge >= 0.3 is 0 Å². The monoisotopic (exact) mass is 801 g/mol. The maximum Gasteiger partial charge on any atom is 0.143 e. The van der Waals surface area contributed by atoms with Gasteiger partial charge in [-0.2, -0.15) is 0 Å². The fourth-order valence-electron chi connectivity index (χ4n) is 10.7. The zero-order valence-electron chi connectivity index (χ0n) is 34.4. The van der Waals surface area contributed by atoms with Crippen LogP contribution in [0.2, 0.25) is 0 Å². The van der Waals surface area contributed by atoms with Crippen molar-refractivity contribution < 1.29 is 4.42 Å². The Morgan fingerprint density at radius 3 is 1.41 bits per heavy atom. The number of fused-ring (bicyclic) bond motifs is 13. The number of hydrogen-bond acceptors (Lipinski definition) is 2. The van der Waals surface area contributed by atoms with Gasteiger partial charge in [0.25, 0.3) is 0 Å². The van der Waals surface area contributed by atoms with Gasteiger partial charge in [-0.15, -0.1) is 0 Å². The highest BCUT2D eigenvalue weighted by atomic mass is 16.3. The average Bonchev–Trinajstić information content (AvgIpc) is 3.99. The number of furan rings is 1. The molecule has 2 heteroatoms. The molecule has 0 N–H and O–H groups in total. The van der Waals surface area contributed by atoms with Crippen molar-refractivity contribution in [3.05, 3.63) is 259 Å². The second kappa shape index (κ2) is 13.9. The number of rotatable bonds is 6. The Bertz CT molecular complexity index is 3500. The van der Waals surface area contributed by atoms with Gasteiger partial charge in [-0.1, -0.05) is 188 Å². The number of para-hydroxylation sites is 2. The quantitative estimate of drug-likeness (QED) is 0.167. The number of anilines is 3. The van der Waals surface area contributed by atoms with Crippen molar-refractivity contribution in [3.63, 3.8) is 0 Å². The summed E-state index contributed by atoms with van der Waals surface area (Å²) in [6, 6.07) is 86.4. The smallest absolute Gasteiger partial charge is 0.143 e. The molecule has 0 unspecified atom stereocenters. The van der Waals surface area contributed by atoms with E-state index in [0.29, 0.717) is 0 Å². The first-order valence-corrected chi connectivity index (χ1v) is 21.7. The molecular formula is C61H39NO. The van der Waals surface area contributed by atoms with E-state index in [1.807, 2.05) is 12.1 Å².